The highest BCUT2D eigenvalue weighted by Gasteiger charge is 2.31. The maximum absolute atomic E-state index is 13.6. The standard InChI is InChI=1S/C25H35N3O7S/c1-7-14-26-25(30)18(2)27(16-19-8-10-20(33-3)11-9-19)24(29)17-28(36(6,31)32)22-13-12-21(34-4)15-23(22)35-5/h8-13,15,18H,7,14,16-17H2,1-6H3,(H,26,30)/t18-/m0/s1. The molecule has 36 heavy (non-hydrogen) atoms. The smallest absolute Gasteiger partial charge is 0.244 e. The number of nitrogens with one attached hydrogen (secondary N) is 1. The van der Waals surface area contributed by atoms with Crippen molar-refractivity contribution in [2.75, 3.05) is 45.0 Å². The Labute approximate surface area is 213 Å². The zero-order valence-electron chi connectivity index (χ0n) is 21.6. The van der Waals surface area contributed by atoms with Crippen LogP contribution < -0.4 is 23.8 Å². The minimum atomic E-state index is -3.89. The minimum Gasteiger partial charge on any atom is -0.497 e. The number of anilines is 1. The number of hydrogen-bond acceptors (Lipinski definition) is 7. The number of benzene rings is 2. The van der Waals surface area contributed by atoms with Crippen LogP contribution in [0, 0.1) is 0 Å². The second-order valence-electron chi connectivity index (χ2n) is 8.14. The summed E-state index contributed by atoms with van der Waals surface area (Å²) in [7, 11) is 0.541. The van der Waals surface area contributed by atoms with Crippen molar-refractivity contribution in [3.8, 4) is 17.2 Å². The SMILES string of the molecule is CCCNC(=O)[C@H](C)N(Cc1ccc(OC)cc1)C(=O)CN(c1ccc(OC)cc1OC)S(C)(=O)=O. The van der Waals surface area contributed by atoms with Crippen molar-refractivity contribution in [2.24, 2.45) is 0 Å². The summed E-state index contributed by atoms with van der Waals surface area (Å²) in [6.07, 6.45) is 1.75. The lowest BCUT2D eigenvalue weighted by Crippen LogP contribution is -2.51. The van der Waals surface area contributed by atoms with Gasteiger partial charge in [-0.3, -0.25) is 13.9 Å². The lowest BCUT2D eigenvalue weighted by Gasteiger charge is -2.32. The first-order valence-electron chi connectivity index (χ1n) is 11.5. The number of amides is 2. The van der Waals surface area contributed by atoms with Crippen molar-refractivity contribution in [3.05, 3.63) is 48.0 Å². The van der Waals surface area contributed by atoms with E-state index < -0.39 is 28.5 Å². The number of sulfonamides is 1. The van der Waals surface area contributed by atoms with Crippen molar-refractivity contribution < 1.29 is 32.2 Å². The highest BCUT2D eigenvalue weighted by atomic mass is 32.2. The molecular formula is C25H35N3O7S. The van der Waals surface area contributed by atoms with Gasteiger partial charge in [0.1, 0.15) is 29.8 Å². The van der Waals surface area contributed by atoms with Gasteiger partial charge in [-0.2, -0.15) is 0 Å². The number of carbonyl (C=O) groups excluding carboxylic acids is 2. The normalized spacial score (nSPS) is 11.8. The number of ether oxygens (including phenoxy) is 3. The Hall–Kier alpha value is -3.47. The summed E-state index contributed by atoms with van der Waals surface area (Å²) < 4.78 is 42.2. The molecule has 0 unspecified atom stereocenters. The summed E-state index contributed by atoms with van der Waals surface area (Å²) in [6.45, 7) is 3.58. The molecule has 0 saturated heterocycles. The molecule has 0 radical (unpaired) electrons. The summed E-state index contributed by atoms with van der Waals surface area (Å²) in [5.41, 5.74) is 0.939. The molecule has 2 rings (SSSR count). The average Bonchev–Trinajstić information content (AvgIpc) is 2.87. The van der Waals surface area contributed by atoms with Crippen molar-refractivity contribution in [2.45, 2.75) is 32.9 Å². The molecule has 0 bridgehead atoms. The largest absolute Gasteiger partial charge is 0.497 e. The minimum absolute atomic E-state index is 0.0981. The van der Waals surface area contributed by atoms with Crippen LogP contribution in [0.2, 0.25) is 0 Å². The van der Waals surface area contributed by atoms with E-state index in [1.165, 1.54) is 31.3 Å². The number of methoxy groups -OCH3 is 3. The summed E-state index contributed by atoms with van der Waals surface area (Å²) >= 11 is 0. The van der Waals surface area contributed by atoms with Gasteiger partial charge in [0.25, 0.3) is 0 Å². The van der Waals surface area contributed by atoms with E-state index in [-0.39, 0.29) is 23.9 Å². The Morgan fingerprint density at radius 2 is 1.58 bits per heavy atom. The quantitative estimate of drug-likeness (QED) is 0.431. The molecule has 0 spiro atoms. The molecule has 0 heterocycles. The lowest BCUT2D eigenvalue weighted by atomic mass is 10.1. The van der Waals surface area contributed by atoms with E-state index in [0.29, 0.717) is 18.0 Å². The summed E-state index contributed by atoms with van der Waals surface area (Å²) in [5, 5.41) is 2.80. The monoisotopic (exact) mass is 521 g/mol. The number of rotatable bonds is 13. The van der Waals surface area contributed by atoms with Gasteiger partial charge in [-0.05, 0) is 43.2 Å². The van der Waals surface area contributed by atoms with Crippen LogP contribution in [0.25, 0.3) is 0 Å². The van der Waals surface area contributed by atoms with Gasteiger partial charge < -0.3 is 24.4 Å². The summed E-state index contributed by atoms with van der Waals surface area (Å²) in [5.74, 6) is 0.473. The van der Waals surface area contributed by atoms with Gasteiger partial charge in [0, 0.05) is 19.2 Å². The van der Waals surface area contributed by atoms with Crippen LogP contribution in [0.5, 0.6) is 17.2 Å². The third-order valence-electron chi connectivity index (χ3n) is 5.56. The van der Waals surface area contributed by atoms with Gasteiger partial charge in [-0.25, -0.2) is 8.42 Å². The van der Waals surface area contributed by atoms with E-state index in [2.05, 4.69) is 5.32 Å². The Balaban J connectivity index is 2.43. The summed E-state index contributed by atoms with van der Waals surface area (Å²) in [4.78, 5) is 27.7. The molecule has 0 saturated carbocycles. The molecule has 0 aliphatic rings. The van der Waals surface area contributed by atoms with Crippen LogP contribution in [-0.4, -0.2) is 71.8 Å². The first-order chi connectivity index (χ1) is 17.0. The molecule has 2 amide bonds. The first-order valence-corrected chi connectivity index (χ1v) is 13.3. The molecule has 0 aliphatic carbocycles. The molecule has 10 nitrogen and oxygen atoms in total. The molecule has 198 valence electrons. The molecule has 11 heteroatoms. The van der Waals surface area contributed by atoms with Gasteiger partial charge >= 0.3 is 0 Å². The molecule has 2 aromatic carbocycles. The number of carbonyl (C=O) groups is 2. The van der Waals surface area contributed by atoms with Crippen LogP contribution >= 0.6 is 0 Å². The van der Waals surface area contributed by atoms with Crippen LogP contribution in [-0.2, 0) is 26.2 Å². The van der Waals surface area contributed by atoms with Gasteiger partial charge in [0.05, 0.1) is 33.3 Å². The molecule has 1 N–H and O–H groups in total. The predicted molar refractivity (Wildman–Crippen MR) is 138 cm³/mol. The van der Waals surface area contributed by atoms with Crippen LogP contribution in [0.3, 0.4) is 0 Å². The Kier molecular flexibility index (Phi) is 10.4. The fourth-order valence-electron chi connectivity index (χ4n) is 3.49. The highest BCUT2D eigenvalue weighted by Crippen LogP contribution is 2.33. The van der Waals surface area contributed by atoms with E-state index in [0.717, 1.165) is 22.5 Å². The molecule has 0 aliphatic heterocycles. The lowest BCUT2D eigenvalue weighted by molar-refractivity contribution is -0.139. The van der Waals surface area contributed by atoms with Gasteiger partial charge in [0.2, 0.25) is 21.8 Å². The molecule has 0 fully saturated rings. The van der Waals surface area contributed by atoms with Crippen LogP contribution in [0.4, 0.5) is 5.69 Å². The third kappa shape index (κ3) is 7.51. The van der Waals surface area contributed by atoms with E-state index in [1.807, 2.05) is 6.92 Å². The molecule has 1 atom stereocenters. The molecule has 2 aromatic rings. The highest BCUT2D eigenvalue weighted by molar-refractivity contribution is 7.92. The third-order valence-corrected chi connectivity index (χ3v) is 6.69. The van der Waals surface area contributed by atoms with Crippen molar-refractivity contribution in [1.82, 2.24) is 10.2 Å². The number of nitrogens with zero attached hydrogens (tertiary/aromatic N) is 2. The van der Waals surface area contributed by atoms with E-state index >= 15 is 0 Å². The molecular weight excluding hydrogens is 486 g/mol. The van der Waals surface area contributed by atoms with E-state index in [9.17, 15) is 18.0 Å². The Morgan fingerprint density at radius 1 is 0.972 bits per heavy atom. The Morgan fingerprint density at radius 3 is 2.11 bits per heavy atom. The second kappa shape index (κ2) is 13.0. The first kappa shape index (κ1) is 28.8. The maximum atomic E-state index is 13.6. The van der Waals surface area contributed by atoms with Crippen molar-refractivity contribution in [1.29, 1.82) is 0 Å². The fraction of sp³-hybridized carbons (Fsp3) is 0.440. The molecule has 0 aromatic heterocycles. The predicted octanol–water partition coefficient (Wildman–Crippen LogP) is 2.42. The van der Waals surface area contributed by atoms with Gasteiger partial charge in [0.15, 0.2) is 0 Å². The van der Waals surface area contributed by atoms with E-state index in [1.54, 1.807) is 44.4 Å². The van der Waals surface area contributed by atoms with Crippen LogP contribution in [0.15, 0.2) is 42.5 Å². The van der Waals surface area contributed by atoms with Crippen LogP contribution in [0.1, 0.15) is 25.8 Å². The van der Waals surface area contributed by atoms with Crippen molar-refractivity contribution in [3.63, 3.8) is 0 Å². The zero-order chi connectivity index (χ0) is 26.9. The number of hydrogen-bond donors (Lipinski definition) is 1. The van der Waals surface area contributed by atoms with Crippen molar-refractivity contribution >= 4 is 27.5 Å². The second-order valence-corrected chi connectivity index (χ2v) is 10.1. The Bertz CT molecular complexity index is 1140. The fourth-order valence-corrected chi connectivity index (χ4v) is 4.34. The maximum Gasteiger partial charge on any atom is 0.244 e. The van der Waals surface area contributed by atoms with E-state index in [4.69, 9.17) is 14.2 Å². The zero-order valence-corrected chi connectivity index (χ0v) is 22.4. The van der Waals surface area contributed by atoms with Gasteiger partial charge in [-0.1, -0.05) is 19.1 Å². The summed E-state index contributed by atoms with van der Waals surface area (Å²) in [6, 6.07) is 10.9. The topological polar surface area (TPSA) is 114 Å². The van der Waals surface area contributed by atoms with Gasteiger partial charge in [-0.15, -0.1) is 0 Å². The average molecular weight is 522 g/mol.